The molecule has 0 atom stereocenters. The van der Waals surface area contributed by atoms with E-state index in [1.54, 1.807) is 0 Å². The molecule has 1 rings (SSSR count). The van der Waals surface area contributed by atoms with Gasteiger partial charge >= 0.3 is 0 Å². The third kappa shape index (κ3) is 2.64. The number of hydrogen-bond acceptors (Lipinski definition) is 1. The third-order valence-electron chi connectivity index (χ3n) is 1.39. The largest absolute Gasteiger partial charge is 0.372 e. The Morgan fingerprint density at radius 1 is 1.09 bits per heavy atom. The Hall–Kier alpha value is 1.33. The van der Waals surface area contributed by atoms with Crippen LogP contribution in [0.2, 0.25) is 0 Å². The third-order valence-corrected chi connectivity index (χ3v) is 3.29. The Labute approximate surface area is 100 Å². The predicted octanol–water partition coefficient (Wildman–Crippen LogP) is 1.65. The zero-order valence-electron chi connectivity index (χ0n) is 5.58. The van der Waals surface area contributed by atoms with E-state index >= 15 is 0 Å². The lowest BCUT2D eigenvalue weighted by Gasteiger charge is -2.00. The summed E-state index contributed by atoms with van der Waals surface area (Å²) >= 11 is 4.49. The van der Waals surface area contributed by atoms with Gasteiger partial charge in [-0.05, 0) is 17.6 Å². The maximum absolute atomic E-state index is 5.30. The van der Waals surface area contributed by atoms with Crippen molar-refractivity contribution in [2.45, 2.75) is 0 Å². The van der Waals surface area contributed by atoms with E-state index in [0.717, 1.165) is 6.41 Å². The molecule has 1 fully saturated rings. The summed E-state index contributed by atoms with van der Waals surface area (Å²) in [7, 11) is 6.97. The van der Waals surface area contributed by atoms with Crippen LogP contribution in [0.4, 0.5) is 0 Å². The van der Waals surface area contributed by atoms with Crippen LogP contribution >= 0.6 is 45.2 Å². The molecule has 0 saturated carbocycles. The van der Waals surface area contributed by atoms with E-state index in [9.17, 15) is 0 Å². The van der Waals surface area contributed by atoms with Crippen molar-refractivity contribution < 1.29 is 4.74 Å². The Morgan fingerprint density at radius 2 is 1.45 bits per heavy atom. The summed E-state index contributed by atoms with van der Waals surface area (Å²) in [4.78, 5) is 0. The molecule has 0 aromatic carbocycles. The zero-order valence-corrected chi connectivity index (χ0v) is 11.9. The van der Waals surface area contributed by atoms with Crippen molar-refractivity contribution in [3.05, 3.63) is 17.6 Å². The quantitative estimate of drug-likeness (QED) is 0.443. The monoisotopic (exact) mass is 402 g/mol. The van der Waals surface area contributed by atoms with Gasteiger partial charge in [-0.2, -0.15) is 0 Å². The first-order valence-electron chi connectivity index (χ1n) is 2.91. The summed E-state index contributed by atoms with van der Waals surface area (Å²) in [5.41, 5.74) is 2.50. The van der Waals surface area contributed by atoms with Gasteiger partial charge in [-0.1, -0.05) is 45.2 Å². The molecule has 1 aliphatic rings. The zero-order chi connectivity index (χ0) is 8.43. The van der Waals surface area contributed by atoms with E-state index in [0.29, 0.717) is 13.2 Å². The van der Waals surface area contributed by atoms with Crippen LogP contribution in [0, 0.1) is 0 Å². The van der Waals surface area contributed by atoms with Crippen molar-refractivity contribution in [1.82, 2.24) is 0 Å². The van der Waals surface area contributed by atoms with E-state index in [1.807, 2.05) is 0 Å². The summed E-state index contributed by atoms with van der Waals surface area (Å²) in [5, 5.41) is 0. The first-order valence-corrected chi connectivity index (χ1v) is 6.07. The minimum atomic E-state index is 0.716. The van der Waals surface area contributed by atoms with Crippen LogP contribution in [-0.2, 0) is 4.74 Å². The molecule has 11 heavy (non-hydrogen) atoms. The SMILES string of the molecule is [Si]/C(I)=C1\COC\C1=C(/[Si])I. The molecule has 0 aromatic rings. The van der Waals surface area contributed by atoms with Crippen molar-refractivity contribution >= 4 is 65.7 Å². The van der Waals surface area contributed by atoms with Crippen molar-refractivity contribution in [1.29, 1.82) is 0 Å². The summed E-state index contributed by atoms with van der Waals surface area (Å²) in [5.74, 6) is 0. The van der Waals surface area contributed by atoms with Gasteiger partial charge in [0.2, 0.25) is 0 Å². The lowest BCUT2D eigenvalue weighted by molar-refractivity contribution is 0.215. The smallest absolute Gasteiger partial charge is 0.0809 e. The minimum absolute atomic E-state index is 0.716. The number of ether oxygens (including phenoxy) is 1. The first kappa shape index (κ1) is 10.4. The molecule has 0 aromatic heterocycles. The van der Waals surface area contributed by atoms with Gasteiger partial charge in [0, 0.05) is 0 Å². The van der Waals surface area contributed by atoms with Gasteiger partial charge in [0.05, 0.1) is 33.7 Å². The van der Waals surface area contributed by atoms with E-state index in [2.05, 4.69) is 65.7 Å². The van der Waals surface area contributed by atoms with Gasteiger partial charge in [0.25, 0.3) is 0 Å². The molecular weight excluding hydrogens is 398 g/mol. The first-order chi connectivity index (χ1) is 5.13. The lowest BCUT2D eigenvalue weighted by atomic mass is 10.2. The van der Waals surface area contributed by atoms with Crippen molar-refractivity contribution in [3.8, 4) is 0 Å². The van der Waals surface area contributed by atoms with Gasteiger partial charge in [-0.25, -0.2) is 0 Å². The average molecular weight is 402 g/mol. The second-order valence-corrected chi connectivity index (χ2v) is 7.27. The molecule has 0 aliphatic carbocycles. The number of rotatable bonds is 0. The standard InChI is InChI=1S/C6H4I2OSi2/c7-5(10)3-1-9-2-4(3)6(8)11/h1-2H2/b5-3+,6-4+. The number of halogens is 2. The maximum Gasteiger partial charge on any atom is 0.0809 e. The fraction of sp³-hybridized carbons (Fsp3) is 0.333. The van der Waals surface area contributed by atoms with Crippen molar-refractivity contribution in [2.24, 2.45) is 0 Å². The number of hydrogen-bond donors (Lipinski definition) is 0. The highest BCUT2D eigenvalue weighted by Crippen LogP contribution is 2.27. The summed E-state index contributed by atoms with van der Waals surface area (Å²) in [6, 6.07) is 0. The predicted molar refractivity (Wildman–Crippen MR) is 64.4 cm³/mol. The highest BCUT2D eigenvalue weighted by Gasteiger charge is 2.16. The van der Waals surface area contributed by atoms with Gasteiger partial charge in [0.1, 0.15) is 0 Å². The van der Waals surface area contributed by atoms with Crippen molar-refractivity contribution in [3.63, 3.8) is 0 Å². The summed E-state index contributed by atoms with van der Waals surface area (Å²) in [6.07, 6.45) is 0. The second kappa shape index (κ2) is 4.54. The lowest BCUT2D eigenvalue weighted by Crippen LogP contribution is -1.91. The molecule has 6 radical (unpaired) electrons. The molecular formula is C6H4I2OSi2. The fourth-order valence-electron chi connectivity index (χ4n) is 0.821. The molecule has 0 bridgehead atoms. The average Bonchev–Trinajstić information content (AvgIpc) is 2.32. The van der Waals surface area contributed by atoms with Crippen LogP contribution in [0.1, 0.15) is 0 Å². The van der Waals surface area contributed by atoms with Crippen molar-refractivity contribution in [2.75, 3.05) is 13.2 Å². The van der Waals surface area contributed by atoms with Gasteiger partial charge in [-0.3, -0.25) is 0 Å². The summed E-state index contributed by atoms with van der Waals surface area (Å²) in [6.45, 7) is 1.43. The topological polar surface area (TPSA) is 9.23 Å². The van der Waals surface area contributed by atoms with E-state index in [4.69, 9.17) is 4.74 Å². The highest BCUT2D eigenvalue weighted by atomic mass is 127. The molecule has 1 heterocycles. The van der Waals surface area contributed by atoms with E-state index < -0.39 is 0 Å². The van der Waals surface area contributed by atoms with Crippen LogP contribution in [-0.4, -0.2) is 33.7 Å². The highest BCUT2D eigenvalue weighted by molar-refractivity contribution is 14.1. The van der Waals surface area contributed by atoms with E-state index in [-0.39, 0.29) is 0 Å². The summed E-state index contributed by atoms with van der Waals surface area (Å²) < 4.78 is 7.56. The Balaban J connectivity index is 3.01. The molecule has 0 unspecified atom stereocenters. The van der Waals surface area contributed by atoms with Crippen LogP contribution in [0.3, 0.4) is 0 Å². The fourth-order valence-corrected chi connectivity index (χ4v) is 2.23. The Bertz CT molecular complexity index is 203. The Morgan fingerprint density at radius 3 is 1.73 bits per heavy atom. The molecule has 0 N–H and O–H groups in total. The van der Waals surface area contributed by atoms with Crippen LogP contribution < -0.4 is 0 Å². The van der Waals surface area contributed by atoms with Crippen LogP contribution in [0.5, 0.6) is 0 Å². The molecule has 1 nitrogen and oxygen atoms in total. The molecule has 1 aliphatic heterocycles. The molecule has 0 amide bonds. The normalized spacial score (nSPS) is 27.3. The van der Waals surface area contributed by atoms with Crippen LogP contribution in [0.15, 0.2) is 17.6 Å². The molecule has 56 valence electrons. The van der Waals surface area contributed by atoms with E-state index in [1.165, 1.54) is 11.1 Å². The minimum Gasteiger partial charge on any atom is -0.372 e. The van der Waals surface area contributed by atoms with Gasteiger partial charge < -0.3 is 4.74 Å². The Kier molecular flexibility index (Phi) is 4.30. The molecule has 1 saturated heterocycles. The maximum atomic E-state index is 5.30. The molecule has 5 heteroatoms. The second-order valence-electron chi connectivity index (χ2n) is 2.08. The molecule has 0 spiro atoms. The van der Waals surface area contributed by atoms with Gasteiger partial charge in [0.15, 0.2) is 0 Å². The van der Waals surface area contributed by atoms with Crippen LogP contribution in [0.25, 0.3) is 0 Å². The van der Waals surface area contributed by atoms with Gasteiger partial charge in [-0.15, -0.1) is 0 Å².